The van der Waals surface area contributed by atoms with E-state index in [-0.39, 0.29) is 31.6 Å². The number of benzene rings is 1. The Labute approximate surface area is 262 Å². The first-order chi connectivity index (χ1) is 21.3. The topological polar surface area (TPSA) is 181 Å². The minimum absolute atomic E-state index is 0.0561. The van der Waals surface area contributed by atoms with E-state index < -0.39 is 84.0 Å². The van der Waals surface area contributed by atoms with E-state index in [1.165, 1.54) is 0 Å². The molecule has 45 heavy (non-hydrogen) atoms. The number of nitrogens with one attached hydrogen (secondary N) is 4. The van der Waals surface area contributed by atoms with Crippen LogP contribution < -0.4 is 21.3 Å². The number of rotatable bonds is 8. The molecular weight excluding hydrogens is 584 g/mol. The molecule has 0 saturated carbocycles. The molecule has 3 fully saturated rings. The molecule has 0 spiro atoms. The number of allylic oxidation sites excluding steroid dienone is 1. The Balaban J connectivity index is 1.68. The smallest absolute Gasteiger partial charge is 0.303 e. The van der Waals surface area contributed by atoms with Gasteiger partial charge in [0.1, 0.15) is 18.2 Å². The highest BCUT2D eigenvalue weighted by atomic mass is 16.8. The zero-order valence-corrected chi connectivity index (χ0v) is 26.3. The fraction of sp³-hybridized carbons (Fsp3) is 0.594. The van der Waals surface area contributed by atoms with Crippen molar-refractivity contribution in [3.8, 4) is 0 Å². The van der Waals surface area contributed by atoms with Gasteiger partial charge in [0.05, 0.1) is 12.0 Å². The van der Waals surface area contributed by atoms with Crippen molar-refractivity contribution in [3.63, 3.8) is 0 Å². The minimum atomic E-state index is -1.25. The molecule has 0 aromatic heterocycles. The zero-order valence-electron chi connectivity index (χ0n) is 26.3. The Morgan fingerprint density at radius 1 is 0.933 bits per heavy atom. The van der Waals surface area contributed by atoms with Crippen LogP contribution in [0.25, 0.3) is 0 Å². The summed E-state index contributed by atoms with van der Waals surface area (Å²) < 4.78 is 17.9. The first-order valence-electron chi connectivity index (χ1n) is 15.4. The normalized spacial score (nSPS) is 32.2. The van der Waals surface area contributed by atoms with Gasteiger partial charge in [-0.05, 0) is 38.2 Å². The number of aliphatic carboxylic acids is 1. The molecule has 0 radical (unpaired) electrons. The first-order valence-corrected chi connectivity index (χ1v) is 15.4. The summed E-state index contributed by atoms with van der Waals surface area (Å²) in [7, 11) is 0. The maximum atomic E-state index is 13.9. The fourth-order valence-corrected chi connectivity index (χ4v) is 5.70. The molecule has 3 heterocycles. The molecule has 13 heteroatoms. The minimum Gasteiger partial charge on any atom is -0.481 e. The molecule has 4 amide bonds. The average Bonchev–Trinajstić information content (AvgIpc) is 3.45. The lowest BCUT2D eigenvalue weighted by molar-refractivity contribution is -0.208. The summed E-state index contributed by atoms with van der Waals surface area (Å²) in [4.78, 5) is 65.8. The SMILES string of the molecule is CC(C)[C@H]1NC(=O)[C@@H](C)[C@@H](C/C=C\CCC(=O)O)NC(=O)[C@@H](Cc2ccccc2)NC(=O)[C@H]2OC3OC(C)(C)OC3[C@H]2NC1=O. The second kappa shape index (κ2) is 14.5. The predicted molar refractivity (Wildman–Crippen MR) is 161 cm³/mol. The lowest BCUT2D eigenvalue weighted by Crippen LogP contribution is -2.62. The van der Waals surface area contributed by atoms with Gasteiger partial charge in [0.2, 0.25) is 17.7 Å². The molecule has 8 atom stereocenters. The summed E-state index contributed by atoms with van der Waals surface area (Å²) in [6, 6.07) is 5.43. The van der Waals surface area contributed by atoms with Gasteiger partial charge in [-0.2, -0.15) is 0 Å². The Morgan fingerprint density at radius 2 is 1.64 bits per heavy atom. The molecule has 0 bridgehead atoms. The van der Waals surface area contributed by atoms with Crippen LogP contribution in [0, 0.1) is 11.8 Å². The van der Waals surface area contributed by atoms with E-state index in [4.69, 9.17) is 19.3 Å². The van der Waals surface area contributed by atoms with Crippen molar-refractivity contribution in [1.82, 2.24) is 21.3 Å². The maximum absolute atomic E-state index is 13.9. The van der Waals surface area contributed by atoms with E-state index in [1.807, 2.05) is 30.3 Å². The molecule has 13 nitrogen and oxygen atoms in total. The highest BCUT2D eigenvalue weighted by molar-refractivity contribution is 5.93. The van der Waals surface area contributed by atoms with E-state index in [9.17, 15) is 24.0 Å². The lowest BCUT2D eigenvalue weighted by Gasteiger charge is -2.32. The van der Waals surface area contributed by atoms with E-state index in [1.54, 1.807) is 46.8 Å². The van der Waals surface area contributed by atoms with Crippen molar-refractivity contribution in [2.75, 3.05) is 0 Å². The quantitative estimate of drug-likeness (QED) is 0.264. The van der Waals surface area contributed by atoms with Gasteiger partial charge in [0.15, 0.2) is 18.2 Å². The van der Waals surface area contributed by atoms with Gasteiger partial charge in [0.25, 0.3) is 5.91 Å². The molecule has 2 unspecified atom stereocenters. The van der Waals surface area contributed by atoms with Crippen LogP contribution in [-0.4, -0.2) is 83.2 Å². The van der Waals surface area contributed by atoms with E-state index >= 15 is 0 Å². The average molecular weight is 629 g/mol. The van der Waals surface area contributed by atoms with Gasteiger partial charge in [-0.1, -0.05) is 63.3 Å². The second-order valence-electron chi connectivity index (χ2n) is 12.6. The molecule has 5 N–H and O–H groups in total. The van der Waals surface area contributed by atoms with Gasteiger partial charge in [-0.15, -0.1) is 0 Å². The van der Waals surface area contributed by atoms with Crippen molar-refractivity contribution in [3.05, 3.63) is 48.0 Å². The van der Waals surface area contributed by atoms with Crippen LogP contribution in [-0.2, 0) is 44.6 Å². The van der Waals surface area contributed by atoms with Gasteiger partial charge in [-0.25, -0.2) is 0 Å². The fourth-order valence-electron chi connectivity index (χ4n) is 5.70. The summed E-state index contributed by atoms with van der Waals surface area (Å²) in [5, 5.41) is 20.4. The van der Waals surface area contributed by atoms with E-state index in [0.29, 0.717) is 0 Å². The Hall–Kier alpha value is -3.81. The van der Waals surface area contributed by atoms with Crippen molar-refractivity contribution in [2.24, 2.45) is 11.8 Å². The summed E-state index contributed by atoms with van der Waals surface area (Å²) in [6.45, 7) is 8.62. The van der Waals surface area contributed by atoms with Crippen molar-refractivity contribution >= 4 is 29.6 Å². The molecule has 3 aliphatic rings. The molecule has 3 aliphatic heterocycles. The Morgan fingerprint density at radius 3 is 2.31 bits per heavy atom. The zero-order chi connectivity index (χ0) is 32.9. The number of carboxylic acid groups (broad SMARTS) is 1. The molecule has 246 valence electrons. The third-order valence-electron chi connectivity index (χ3n) is 8.21. The number of amides is 4. The predicted octanol–water partition coefficient (Wildman–Crippen LogP) is 1.16. The summed E-state index contributed by atoms with van der Waals surface area (Å²) in [5.41, 5.74) is 0.789. The monoisotopic (exact) mass is 628 g/mol. The highest BCUT2D eigenvalue weighted by Gasteiger charge is 2.58. The third kappa shape index (κ3) is 8.68. The van der Waals surface area contributed by atoms with E-state index in [0.717, 1.165) is 5.56 Å². The Bertz CT molecular complexity index is 1280. The number of hydrogen-bond donors (Lipinski definition) is 5. The molecule has 3 saturated heterocycles. The van der Waals surface area contributed by atoms with Crippen LogP contribution in [0.1, 0.15) is 59.4 Å². The summed E-state index contributed by atoms with van der Waals surface area (Å²) in [5.74, 6) is -5.18. The number of carbonyl (C=O) groups excluding carboxylic acids is 4. The van der Waals surface area contributed by atoms with Gasteiger partial charge < -0.3 is 40.6 Å². The highest BCUT2D eigenvalue weighted by Crippen LogP contribution is 2.37. The van der Waals surface area contributed by atoms with Crippen LogP contribution in [0.2, 0.25) is 0 Å². The number of carbonyl (C=O) groups is 5. The van der Waals surface area contributed by atoms with E-state index in [2.05, 4.69) is 21.3 Å². The van der Waals surface area contributed by atoms with Crippen molar-refractivity contribution < 1.29 is 43.3 Å². The molecular formula is C32H44N4O9. The third-order valence-corrected chi connectivity index (χ3v) is 8.21. The van der Waals surface area contributed by atoms with Crippen LogP contribution in [0.3, 0.4) is 0 Å². The van der Waals surface area contributed by atoms with Crippen LogP contribution in [0.4, 0.5) is 0 Å². The van der Waals surface area contributed by atoms with Crippen LogP contribution in [0.15, 0.2) is 42.5 Å². The maximum Gasteiger partial charge on any atom is 0.303 e. The van der Waals surface area contributed by atoms with Crippen molar-refractivity contribution in [2.45, 2.75) is 109 Å². The number of ether oxygens (including phenoxy) is 3. The first kappa shape index (κ1) is 34.1. The van der Waals surface area contributed by atoms with Gasteiger partial charge in [-0.3, -0.25) is 24.0 Å². The largest absolute Gasteiger partial charge is 0.481 e. The molecule has 1 aromatic rings. The molecule has 1 aromatic carbocycles. The number of carboxylic acids is 1. The van der Waals surface area contributed by atoms with Crippen LogP contribution in [0.5, 0.6) is 0 Å². The number of hydrogen-bond acceptors (Lipinski definition) is 8. The second-order valence-corrected chi connectivity index (χ2v) is 12.6. The van der Waals surface area contributed by atoms with Gasteiger partial charge >= 0.3 is 5.97 Å². The molecule has 0 aliphatic carbocycles. The standard InChI is InChI=1S/C32H44N4O9/c1-17(2)23-29(41)36-24-25(43-31-26(24)44-32(4,5)45-31)30(42)34-21(16-19-12-8-6-9-13-19)28(40)33-20(18(3)27(39)35-23)14-10-7-11-15-22(37)38/h6-10,12-13,17-18,20-21,23-26,31H,11,14-16H2,1-5H3,(H,33,40)(H,34,42)(H,35,39)(H,36,41)(H,37,38)/b10-7-/t18-,20+,21+,23+,24-,25-,26?,31?/m0/s1. The van der Waals surface area contributed by atoms with Gasteiger partial charge in [0, 0.05) is 18.9 Å². The molecule has 4 rings (SSSR count). The Kier molecular flexibility index (Phi) is 11.0. The van der Waals surface area contributed by atoms with Crippen molar-refractivity contribution in [1.29, 1.82) is 0 Å². The van der Waals surface area contributed by atoms with Crippen LogP contribution >= 0.6 is 0 Å². The summed E-state index contributed by atoms with van der Waals surface area (Å²) in [6.07, 6.45) is 0.992. The lowest BCUT2D eigenvalue weighted by atomic mass is 9.94. The summed E-state index contributed by atoms with van der Waals surface area (Å²) >= 11 is 0. The number of fused-ring (bicyclic) bond motifs is 3.